The monoisotopic (exact) mass is 1170 g/mol. The maximum Gasteiger partial charge on any atom is 0.329 e. The van der Waals surface area contributed by atoms with Gasteiger partial charge in [0.05, 0.1) is 31.2 Å². The van der Waals surface area contributed by atoms with Crippen molar-refractivity contribution >= 4 is 41.2 Å². The number of piperidine rings is 1. The maximum atomic E-state index is 14.8. The molecule has 15 atom stereocenters. The van der Waals surface area contributed by atoms with Crippen molar-refractivity contribution in [3.05, 3.63) is 47.6 Å². The Kier molecular flexibility index (Phi) is 30.2. The molecule has 2 bridgehead atoms. The number of Topliss-reactive ketones (excluding diaryl/α,β-unsaturated/α-hetero) is 3. The second kappa shape index (κ2) is 35.3. The molecule has 2 saturated heterocycles. The first-order valence-corrected chi connectivity index (χ1v) is 31.1. The lowest BCUT2D eigenvalue weighted by Crippen LogP contribution is -2.61. The van der Waals surface area contributed by atoms with Crippen LogP contribution in [0.25, 0.3) is 0 Å². The zero-order valence-electron chi connectivity index (χ0n) is 52.9. The average Bonchev–Trinajstić information content (AvgIpc) is 3.51. The Morgan fingerprint density at radius 3 is 2.01 bits per heavy atom. The quantitative estimate of drug-likeness (QED) is 0.0588. The van der Waals surface area contributed by atoms with Crippen molar-refractivity contribution in [2.24, 2.45) is 35.5 Å². The van der Waals surface area contributed by atoms with Gasteiger partial charge in [-0.3, -0.25) is 28.8 Å². The van der Waals surface area contributed by atoms with Crippen LogP contribution in [0.5, 0.6) is 0 Å². The fourth-order valence-corrected chi connectivity index (χ4v) is 12.4. The molecule has 0 spiro atoms. The predicted molar refractivity (Wildman–Crippen MR) is 318 cm³/mol. The van der Waals surface area contributed by atoms with Crippen molar-refractivity contribution in [3.8, 4) is 0 Å². The Morgan fingerprint density at radius 2 is 1.40 bits per heavy atom. The van der Waals surface area contributed by atoms with Gasteiger partial charge in [-0.05, 0) is 133 Å². The molecule has 0 unspecified atom stereocenters. The molecule has 18 heteroatoms. The third-order valence-corrected chi connectivity index (χ3v) is 18.0. The number of carbonyl (C=O) groups excluding carboxylic acids is 7. The summed E-state index contributed by atoms with van der Waals surface area (Å²) in [6, 6.07) is -1.19. The van der Waals surface area contributed by atoms with E-state index in [-0.39, 0.29) is 67.7 Å². The van der Waals surface area contributed by atoms with E-state index in [1.165, 1.54) is 12.0 Å². The van der Waals surface area contributed by atoms with E-state index in [2.05, 4.69) is 23.6 Å². The van der Waals surface area contributed by atoms with E-state index >= 15 is 0 Å². The summed E-state index contributed by atoms with van der Waals surface area (Å²) < 4.78 is 42.6. The Bertz CT molecular complexity index is 2240. The van der Waals surface area contributed by atoms with E-state index in [0.717, 1.165) is 31.8 Å². The SMILES string of the molecule is CCN(CC)CCC(=O)O[C@H]1CC[C@H](C[C@@H](C)[C@H]2CC(=O)[C@H](C)/C=C(/C)[C@H](OC(=O)CCN(CC)CC)[C@@H](OC)C(=O)[C@@H](C)C[C@@H](C)/C=C/C=C/C=C(\C)[C@H](OC)C[C@H]3CC[C@H](C)[C@](O)(O3)C(=O)C(=O)N3CCCC[C@@H]3C(=O)O2)C[C@H]1OC. The summed E-state index contributed by atoms with van der Waals surface area (Å²) in [6.07, 6.45) is 11.4. The number of fused-ring (bicyclic) bond motifs is 3. The van der Waals surface area contributed by atoms with E-state index in [1.807, 2.05) is 71.9 Å². The van der Waals surface area contributed by atoms with Crippen LogP contribution in [0.1, 0.15) is 166 Å². The van der Waals surface area contributed by atoms with Crippen LogP contribution in [0.4, 0.5) is 0 Å². The number of cyclic esters (lactones) is 1. The zero-order valence-corrected chi connectivity index (χ0v) is 52.9. The number of methoxy groups -OCH3 is 3. The number of amides is 1. The molecule has 3 heterocycles. The van der Waals surface area contributed by atoms with Gasteiger partial charge >= 0.3 is 17.9 Å². The van der Waals surface area contributed by atoms with Crippen LogP contribution >= 0.6 is 0 Å². The molecule has 0 aromatic rings. The molecule has 1 aliphatic carbocycles. The van der Waals surface area contributed by atoms with Crippen LogP contribution in [0, 0.1) is 35.5 Å². The van der Waals surface area contributed by atoms with E-state index in [4.69, 9.17) is 33.2 Å². The number of rotatable bonds is 18. The third kappa shape index (κ3) is 20.9. The minimum absolute atomic E-state index is 0.0357. The Labute approximate surface area is 496 Å². The van der Waals surface area contributed by atoms with Gasteiger partial charge in [0.2, 0.25) is 5.79 Å². The van der Waals surface area contributed by atoms with E-state index < -0.39 is 95.8 Å². The highest BCUT2D eigenvalue weighted by molar-refractivity contribution is 6.39. The Hall–Kier alpha value is -4.43. The maximum absolute atomic E-state index is 14.8. The van der Waals surface area contributed by atoms with Crippen molar-refractivity contribution in [2.45, 2.75) is 221 Å². The number of ketones is 3. The highest BCUT2D eigenvalue weighted by Gasteiger charge is 2.53. The Morgan fingerprint density at radius 1 is 0.747 bits per heavy atom. The molecule has 3 fully saturated rings. The fourth-order valence-electron chi connectivity index (χ4n) is 12.4. The van der Waals surface area contributed by atoms with Crippen LogP contribution in [0.15, 0.2) is 47.6 Å². The predicted octanol–water partition coefficient (Wildman–Crippen LogP) is 8.75. The van der Waals surface area contributed by atoms with Gasteiger partial charge in [-0.1, -0.05) is 98.8 Å². The number of carbonyl (C=O) groups is 7. The molecule has 1 saturated carbocycles. The molecule has 4 rings (SSSR count). The first-order chi connectivity index (χ1) is 39.5. The molecule has 0 radical (unpaired) electrons. The zero-order chi connectivity index (χ0) is 61.6. The molecule has 1 amide bonds. The van der Waals surface area contributed by atoms with Gasteiger partial charge in [0.25, 0.3) is 11.7 Å². The van der Waals surface area contributed by atoms with Crippen LogP contribution in [-0.4, -0.2) is 183 Å². The number of aliphatic hydroxyl groups is 1. The molecular weight excluding hydrogens is 1060 g/mol. The number of allylic oxidation sites excluding steroid dienone is 6. The van der Waals surface area contributed by atoms with Gasteiger partial charge < -0.3 is 53.0 Å². The first kappa shape index (κ1) is 71.1. The molecule has 470 valence electrons. The molecular formula is C65H105N3O15. The number of esters is 3. The molecule has 18 nitrogen and oxygen atoms in total. The number of ether oxygens (including phenoxy) is 7. The summed E-state index contributed by atoms with van der Waals surface area (Å²) >= 11 is 0. The van der Waals surface area contributed by atoms with Crippen LogP contribution in [0.3, 0.4) is 0 Å². The fraction of sp³-hybridized carbons (Fsp3) is 0.769. The van der Waals surface area contributed by atoms with E-state index in [0.29, 0.717) is 82.9 Å². The third-order valence-electron chi connectivity index (χ3n) is 18.0. The normalized spacial score (nSPS) is 34.2. The lowest BCUT2D eigenvalue weighted by molar-refractivity contribution is -0.265. The smallest absolute Gasteiger partial charge is 0.329 e. The van der Waals surface area contributed by atoms with Crippen LogP contribution in [0.2, 0.25) is 0 Å². The second-order valence-electron chi connectivity index (χ2n) is 24.1. The minimum atomic E-state index is -2.47. The van der Waals surface area contributed by atoms with E-state index in [1.54, 1.807) is 41.1 Å². The lowest BCUT2D eigenvalue weighted by Gasteiger charge is -2.42. The summed E-state index contributed by atoms with van der Waals surface area (Å²) in [5.41, 5.74) is 1.31. The summed E-state index contributed by atoms with van der Waals surface area (Å²) in [5.74, 6) is -9.27. The molecule has 4 aliphatic rings. The number of hydrogen-bond donors (Lipinski definition) is 1. The van der Waals surface area contributed by atoms with Gasteiger partial charge in [-0.25, -0.2) is 4.79 Å². The summed E-state index contributed by atoms with van der Waals surface area (Å²) in [4.78, 5) is 105. The average molecular weight is 1170 g/mol. The lowest BCUT2D eigenvalue weighted by atomic mass is 9.78. The minimum Gasteiger partial charge on any atom is -0.460 e. The molecule has 0 aromatic carbocycles. The van der Waals surface area contributed by atoms with Gasteiger partial charge in [0.1, 0.15) is 24.0 Å². The van der Waals surface area contributed by atoms with E-state index in [9.17, 15) is 38.7 Å². The van der Waals surface area contributed by atoms with Crippen molar-refractivity contribution < 1.29 is 71.8 Å². The second-order valence-corrected chi connectivity index (χ2v) is 24.1. The Balaban J connectivity index is 1.76. The molecule has 1 N–H and O–H groups in total. The van der Waals surface area contributed by atoms with Crippen molar-refractivity contribution in [3.63, 3.8) is 0 Å². The summed E-state index contributed by atoms with van der Waals surface area (Å²) in [7, 11) is 4.59. The van der Waals surface area contributed by atoms with Crippen molar-refractivity contribution in [1.82, 2.24) is 14.7 Å². The van der Waals surface area contributed by atoms with Gasteiger partial charge in [-0.15, -0.1) is 0 Å². The van der Waals surface area contributed by atoms with Gasteiger partial charge in [0.15, 0.2) is 18.0 Å². The highest BCUT2D eigenvalue weighted by atomic mass is 16.6. The standard InChI is InChI=1S/C65H105N3O15/c1-15-66(16-2)34-31-57(70)80-53-30-28-49(39-56(53)78-13)38-45(8)55-41-52(69)44(7)37-47(10)60(82-58(71)32-35-67(17-3)18-4)61(79-14)59(72)46(9)36-42(5)24-20-19-21-25-43(6)54(77-12)40-50-29-27-48(11)65(76,83-50)62(73)63(74)68-33-23-22-26-51(68)64(75)81-55/h19-21,24-25,37,42,44-46,48-51,53-56,60-61,76H,15-18,22-23,26-36,38-41H2,1-14H3/b21-19+,24-20+,43-25+,47-37-/t42-,44+,45+,46-,48-,49+,50+,51+,53-,54+,55+,56+,60-,61-,65-/m0/s1. The topological polar surface area (TPSA) is 214 Å². The molecule has 83 heavy (non-hydrogen) atoms. The summed E-state index contributed by atoms with van der Waals surface area (Å²) in [6.45, 7) is 25.2. The number of nitrogens with zero attached hydrogens (tertiary/aromatic N) is 3. The van der Waals surface area contributed by atoms with Gasteiger partial charge in [0, 0.05) is 71.6 Å². The molecule has 0 aromatic heterocycles. The van der Waals surface area contributed by atoms with Crippen LogP contribution in [-0.2, 0) is 66.7 Å². The number of hydrogen-bond acceptors (Lipinski definition) is 17. The largest absolute Gasteiger partial charge is 0.460 e. The molecule has 3 aliphatic heterocycles. The highest BCUT2D eigenvalue weighted by Crippen LogP contribution is 2.38. The van der Waals surface area contributed by atoms with Crippen molar-refractivity contribution in [2.75, 3.05) is 67.1 Å². The van der Waals surface area contributed by atoms with Gasteiger partial charge in [-0.2, -0.15) is 0 Å². The first-order valence-electron chi connectivity index (χ1n) is 31.1. The summed E-state index contributed by atoms with van der Waals surface area (Å²) in [5, 5.41) is 12.1. The van der Waals surface area contributed by atoms with Crippen LogP contribution < -0.4 is 0 Å². The van der Waals surface area contributed by atoms with Crippen molar-refractivity contribution in [1.29, 1.82) is 0 Å².